The predicted molar refractivity (Wildman–Crippen MR) is 99.9 cm³/mol. The van der Waals surface area contributed by atoms with Crippen LogP contribution in [0.15, 0.2) is 84.4 Å². The SMILES string of the molecule is CCOC(=O)C(N=C(c1ccccc1)c1ccccc1)c1cncnc1. The first-order valence-electron chi connectivity index (χ1n) is 8.39. The predicted octanol–water partition coefficient (Wildman–Crippen LogP) is 3.62. The molecule has 2 aromatic carbocycles. The average molecular weight is 345 g/mol. The van der Waals surface area contributed by atoms with E-state index < -0.39 is 12.0 Å². The van der Waals surface area contributed by atoms with E-state index in [1.807, 2.05) is 60.7 Å². The molecular weight excluding hydrogens is 326 g/mol. The molecule has 1 aromatic heterocycles. The van der Waals surface area contributed by atoms with Crippen LogP contribution >= 0.6 is 0 Å². The van der Waals surface area contributed by atoms with Crippen LogP contribution in [0, 0.1) is 0 Å². The Morgan fingerprint density at radius 1 is 0.962 bits per heavy atom. The van der Waals surface area contributed by atoms with Gasteiger partial charge in [-0.1, -0.05) is 60.7 Å². The first-order valence-corrected chi connectivity index (χ1v) is 8.39. The number of hydrogen-bond acceptors (Lipinski definition) is 5. The molecule has 26 heavy (non-hydrogen) atoms. The van der Waals surface area contributed by atoms with Crippen molar-refractivity contribution < 1.29 is 9.53 Å². The third kappa shape index (κ3) is 4.19. The Labute approximate surface area is 152 Å². The number of rotatable bonds is 6. The van der Waals surface area contributed by atoms with Crippen LogP contribution in [0.5, 0.6) is 0 Å². The number of hydrogen-bond donors (Lipinski definition) is 0. The number of aliphatic imine (C=N–C) groups is 1. The van der Waals surface area contributed by atoms with Gasteiger partial charge in [0, 0.05) is 29.1 Å². The second-order valence-electron chi connectivity index (χ2n) is 5.54. The van der Waals surface area contributed by atoms with Gasteiger partial charge in [0.1, 0.15) is 6.33 Å². The van der Waals surface area contributed by atoms with Gasteiger partial charge in [-0.2, -0.15) is 0 Å². The minimum absolute atomic E-state index is 0.282. The zero-order valence-corrected chi connectivity index (χ0v) is 14.4. The fourth-order valence-corrected chi connectivity index (χ4v) is 2.57. The van der Waals surface area contributed by atoms with Crippen LogP contribution < -0.4 is 0 Å². The van der Waals surface area contributed by atoms with E-state index in [0.717, 1.165) is 11.1 Å². The lowest BCUT2D eigenvalue weighted by molar-refractivity contribution is -0.144. The smallest absolute Gasteiger partial charge is 0.335 e. The summed E-state index contributed by atoms with van der Waals surface area (Å²) in [5.41, 5.74) is 3.15. The van der Waals surface area contributed by atoms with Crippen molar-refractivity contribution in [1.29, 1.82) is 0 Å². The highest BCUT2D eigenvalue weighted by atomic mass is 16.5. The van der Waals surface area contributed by atoms with Gasteiger partial charge in [0.2, 0.25) is 0 Å². The summed E-state index contributed by atoms with van der Waals surface area (Å²) < 4.78 is 5.23. The zero-order valence-electron chi connectivity index (χ0n) is 14.4. The van der Waals surface area contributed by atoms with Crippen LogP contribution in [0.3, 0.4) is 0 Å². The summed E-state index contributed by atoms with van der Waals surface area (Å²) in [6, 6.07) is 18.7. The van der Waals surface area contributed by atoms with Crippen molar-refractivity contribution in [2.75, 3.05) is 6.61 Å². The molecule has 5 heteroatoms. The fraction of sp³-hybridized carbons (Fsp3) is 0.143. The molecule has 0 spiro atoms. The van der Waals surface area contributed by atoms with Gasteiger partial charge in [-0.15, -0.1) is 0 Å². The van der Waals surface area contributed by atoms with Gasteiger partial charge in [0.25, 0.3) is 0 Å². The molecule has 1 heterocycles. The Kier molecular flexibility index (Phi) is 5.83. The molecule has 0 aliphatic carbocycles. The third-order valence-electron chi connectivity index (χ3n) is 3.76. The van der Waals surface area contributed by atoms with E-state index in [1.54, 1.807) is 19.3 Å². The van der Waals surface area contributed by atoms with Crippen LogP contribution in [0.1, 0.15) is 29.7 Å². The third-order valence-corrected chi connectivity index (χ3v) is 3.76. The van der Waals surface area contributed by atoms with Crippen molar-refractivity contribution in [3.63, 3.8) is 0 Å². The Morgan fingerprint density at radius 3 is 2.00 bits per heavy atom. The van der Waals surface area contributed by atoms with E-state index in [9.17, 15) is 4.79 Å². The average Bonchev–Trinajstić information content (AvgIpc) is 2.71. The lowest BCUT2D eigenvalue weighted by Gasteiger charge is -2.15. The highest BCUT2D eigenvalue weighted by Crippen LogP contribution is 2.22. The molecule has 0 aliphatic rings. The number of carbonyl (C=O) groups is 1. The summed E-state index contributed by atoms with van der Waals surface area (Å²) in [6.07, 6.45) is 4.60. The number of esters is 1. The van der Waals surface area contributed by atoms with Gasteiger partial charge < -0.3 is 4.74 Å². The molecule has 3 rings (SSSR count). The second kappa shape index (κ2) is 8.67. The first-order chi connectivity index (χ1) is 12.8. The van der Waals surface area contributed by atoms with Crippen LogP contribution in [-0.4, -0.2) is 28.3 Å². The molecule has 0 radical (unpaired) electrons. The monoisotopic (exact) mass is 345 g/mol. The molecule has 0 saturated carbocycles. The van der Waals surface area contributed by atoms with Gasteiger partial charge in [-0.05, 0) is 6.92 Å². The van der Waals surface area contributed by atoms with E-state index >= 15 is 0 Å². The van der Waals surface area contributed by atoms with Crippen LogP contribution in [-0.2, 0) is 9.53 Å². The van der Waals surface area contributed by atoms with Crippen LogP contribution in [0.2, 0.25) is 0 Å². The number of aromatic nitrogens is 2. The van der Waals surface area contributed by atoms with Crippen molar-refractivity contribution in [3.8, 4) is 0 Å². The van der Waals surface area contributed by atoms with E-state index in [1.165, 1.54) is 6.33 Å². The zero-order chi connectivity index (χ0) is 18.2. The summed E-state index contributed by atoms with van der Waals surface area (Å²) in [5, 5.41) is 0. The maximum atomic E-state index is 12.6. The summed E-state index contributed by atoms with van der Waals surface area (Å²) in [4.78, 5) is 25.3. The molecule has 0 aliphatic heterocycles. The molecule has 0 saturated heterocycles. The number of nitrogens with zero attached hydrogens (tertiary/aromatic N) is 3. The lowest BCUT2D eigenvalue weighted by atomic mass is 10.0. The molecule has 1 unspecified atom stereocenters. The molecule has 130 valence electrons. The Balaban J connectivity index is 2.12. The standard InChI is InChI=1S/C21H19N3O2/c1-2-26-21(25)20(18-13-22-15-23-14-18)24-19(16-9-5-3-6-10-16)17-11-7-4-8-12-17/h3-15,20H,2H2,1H3. The topological polar surface area (TPSA) is 64.4 Å². The van der Waals surface area contributed by atoms with Gasteiger partial charge in [-0.25, -0.2) is 14.8 Å². The molecule has 0 N–H and O–H groups in total. The Hall–Kier alpha value is -3.34. The summed E-state index contributed by atoms with van der Waals surface area (Å²) in [7, 11) is 0. The molecule has 0 bridgehead atoms. The van der Waals surface area contributed by atoms with E-state index in [-0.39, 0.29) is 6.61 Å². The molecule has 0 fully saturated rings. The van der Waals surface area contributed by atoms with Crippen LogP contribution in [0.25, 0.3) is 0 Å². The fourth-order valence-electron chi connectivity index (χ4n) is 2.57. The van der Waals surface area contributed by atoms with E-state index in [0.29, 0.717) is 11.3 Å². The van der Waals surface area contributed by atoms with Gasteiger partial charge in [-0.3, -0.25) is 4.99 Å². The molecular formula is C21H19N3O2. The molecule has 0 amide bonds. The summed E-state index contributed by atoms with van der Waals surface area (Å²) in [5.74, 6) is -0.424. The minimum Gasteiger partial charge on any atom is -0.464 e. The number of benzene rings is 2. The van der Waals surface area contributed by atoms with Gasteiger partial charge in [0.15, 0.2) is 6.04 Å². The van der Waals surface area contributed by atoms with Crippen molar-refractivity contribution in [2.45, 2.75) is 13.0 Å². The highest BCUT2D eigenvalue weighted by molar-refractivity contribution is 6.13. The molecule has 5 nitrogen and oxygen atoms in total. The Morgan fingerprint density at radius 2 is 1.50 bits per heavy atom. The van der Waals surface area contributed by atoms with Crippen molar-refractivity contribution >= 4 is 11.7 Å². The van der Waals surface area contributed by atoms with Crippen molar-refractivity contribution in [2.24, 2.45) is 4.99 Å². The van der Waals surface area contributed by atoms with Crippen LogP contribution in [0.4, 0.5) is 0 Å². The van der Waals surface area contributed by atoms with E-state index in [4.69, 9.17) is 9.73 Å². The quantitative estimate of drug-likeness (QED) is 0.506. The minimum atomic E-state index is -0.827. The van der Waals surface area contributed by atoms with Crippen molar-refractivity contribution in [1.82, 2.24) is 9.97 Å². The molecule has 1 atom stereocenters. The largest absolute Gasteiger partial charge is 0.464 e. The maximum Gasteiger partial charge on any atom is 0.335 e. The first kappa shape index (κ1) is 17.5. The Bertz CT molecular complexity index is 824. The maximum absolute atomic E-state index is 12.6. The van der Waals surface area contributed by atoms with E-state index in [2.05, 4.69) is 9.97 Å². The molecule has 3 aromatic rings. The normalized spacial score (nSPS) is 11.4. The second-order valence-corrected chi connectivity index (χ2v) is 5.54. The van der Waals surface area contributed by atoms with Gasteiger partial charge in [0.05, 0.1) is 12.3 Å². The summed E-state index contributed by atoms with van der Waals surface area (Å²) >= 11 is 0. The highest BCUT2D eigenvalue weighted by Gasteiger charge is 2.23. The lowest BCUT2D eigenvalue weighted by Crippen LogP contribution is -2.17. The number of carbonyl (C=O) groups excluding carboxylic acids is 1. The van der Waals surface area contributed by atoms with Crippen molar-refractivity contribution in [3.05, 3.63) is 96.1 Å². The van der Waals surface area contributed by atoms with Gasteiger partial charge >= 0.3 is 5.97 Å². The number of ether oxygens (including phenoxy) is 1. The summed E-state index contributed by atoms with van der Waals surface area (Å²) in [6.45, 7) is 2.06.